The van der Waals surface area contributed by atoms with Gasteiger partial charge in [0.15, 0.2) is 0 Å². The molecule has 0 aromatic carbocycles. The van der Waals surface area contributed by atoms with Crippen molar-refractivity contribution in [3.05, 3.63) is 28.0 Å². The zero-order valence-corrected chi connectivity index (χ0v) is 12.8. The number of carboxylic acid groups (broad SMARTS) is 1. The van der Waals surface area contributed by atoms with Crippen LogP contribution in [0.15, 0.2) is 17.5 Å². The maximum Gasteiger partial charge on any atom is 0.328 e. The fourth-order valence-electron chi connectivity index (χ4n) is 1.76. The van der Waals surface area contributed by atoms with Crippen molar-refractivity contribution in [1.29, 1.82) is 0 Å². The molecule has 1 aliphatic carbocycles. The van der Waals surface area contributed by atoms with Gasteiger partial charge in [-0.05, 0) is 41.8 Å². The van der Waals surface area contributed by atoms with Crippen molar-refractivity contribution in [1.82, 2.24) is 4.31 Å². The molecule has 0 radical (unpaired) electrons. The largest absolute Gasteiger partial charge is 0.478 e. The minimum atomic E-state index is -3.18. The predicted octanol–water partition coefficient (Wildman–Crippen LogP) is 2.02. The molecule has 1 N–H and O–H groups in total. The fourth-order valence-corrected chi connectivity index (χ4v) is 4.27. The molecular formula is C13H17NO4S2. The van der Waals surface area contributed by atoms with Gasteiger partial charge in [-0.2, -0.15) is 4.31 Å². The van der Waals surface area contributed by atoms with Gasteiger partial charge in [0.05, 0.1) is 5.75 Å². The molecule has 1 fully saturated rings. The minimum absolute atomic E-state index is 0.237. The summed E-state index contributed by atoms with van der Waals surface area (Å²) < 4.78 is 25.5. The number of aliphatic carboxylic acids is 1. The Labute approximate surface area is 122 Å². The fraction of sp³-hybridized carbons (Fsp3) is 0.462. The second kappa shape index (κ2) is 6.07. The average Bonchev–Trinajstić information content (AvgIpc) is 3.03. The number of hydrogen-bond donors (Lipinski definition) is 1. The minimum Gasteiger partial charge on any atom is -0.478 e. The zero-order chi connectivity index (χ0) is 14.8. The van der Waals surface area contributed by atoms with Crippen molar-refractivity contribution in [3.8, 4) is 0 Å². The van der Waals surface area contributed by atoms with Crippen LogP contribution in [0.3, 0.4) is 0 Å². The lowest BCUT2D eigenvalue weighted by molar-refractivity contribution is -0.131. The molecule has 0 unspecified atom stereocenters. The summed E-state index contributed by atoms with van der Waals surface area (Å²) in [6, 6.07) is 1.81. The maximum atomic E-state index is 12.0. The summed E-state index contributed by atoms with van der Waals surface area (Å²) in [5.74, 6) is -0.428. The van der Waals surface area contributed by atoms with Gasteiger partial charge in [-0.15, -0.1) is 11.3 Å². The summed E-state index contributed by atoms with van der Waals surface area (Å²) in [6.07, 6.45) is 4.59. The number of rotatable bonds is 7. The lowest BCUT2D eigenvalue weighted by Gasteiger charge is -2.15. The Kier molecular flexibility index (Phi) is 4.62. The van der Waals surface area contributed by atoms with Crippen LogP contribution in [0, 0.1) is 5.92 Å². The van der Waals surface area contributed by atoms with Crippen molar-refractivity contribution in [2.24, 2.45) is 5.92 Å². The third kappa shape index (κ3) is 4.43. The highest BCUT2D eigenvalue weighted by Crippen LogP contribution is 2.31. The normalized spacial score (nSPS) is 16.1. The number of sulfonamides is 1. The van der Waals surface area contributed by atoms with Crippen molar-refractivity contribution in [2.75, 3.05) is 12.8 Å². The first-order valence-corrected chi connectivity index (χ1v) is 8.78. The van der Waals surface area contributed by atoms with E-state index in [9.17, 15) is 13.2 Å². The highest BCUT2D eigenvalue weighted by molar-refractivity contribution is 7.89. The molecule has 1 aromatic rings. The molecule has 0 bridgehead atoms. The molecule has 0 amide bonds. The monoisotopic (exact) mass is 315 g/mol. The van der Waals surface area contributed by atoms with E-state index in [1.54, 1.807) is 7.05 Å². The molecule has 0 aliphatic heterocycles. The van der Waals surface area contributed by atoms with Gasteiger partial charge >= 0.3 is 5.97 Å². The Morgan fingerprint density at radius 2 is 2.25 bits per heavy atom. The number of carbonyl (C=O) groups is 1. The summed E-state index contributed by atoms with van der Waals surface area (Å²) in [5.41, 5.74) is 0.778. The Bertz CT molecular complexity index is 614. The topological polar surface area (TPSA) is 74.7 Å². The number of nitrogens with zero attached hydrogens (tertiary/aromatic N) is 1. The first-order valence-electron chi connectivity index (χ1n) is 6.29. The van der Waals surface area contributed by atoms with Crippen LogP contribution in [-0.2, 0) is 21.4 Å². The van der Waals surface area contributed by atoms with Gasteiger partial charge in [0.1, 0.15) is 0 Å². The summed E-state index contributed by atoms with van der Waals surface area (Å²) in [5, 5.41) is 10.4. The lowest BCUT2D eigenvalue weighted by atomic mass is 10.3. The lowest BCUT2D eigenvalue weighted by Crippen LogP contribution is -2.29. The van der Waals surface area contributed by atoms with Crippen molar-refractivity contribution >= 4 is 33.4 Å². The summed E-state index contributed by atoms with van der Waals surface area (Å²) >= 11 is 1.43. The smallest absolute Gasteiger partial charge is 0.328 e. The first kappa shape index (κ1) is 15.2. The molecule has 0 atom stereocenters. The molecule has 1 aliphatic rings. The summed E-state index contributed by atoms with van der Waals surface area (Å²) in [7, 11) is -1.60. The third-order valence-corrected chi connectivity index (χ3v) is 6.00. The van der Waals surface area contributed by atoms with Crippen LogP contribution in [0.5, 0.6) is 0 Å². The number of carboxylic acids is 1. The van der Waals surface area contributed by atoms with Crippen LogP contribution >= 0.6 is 11.3 Å². The van der Waals surface area contributed by atoms with Gasteiger partial charge in [-0.25, -0.2) is 13.2 Å². The summed E-state index contributed by atoms with van der Waals surface area (Å²) in [6.45, 7) is 0.334. The predicted molar refractivity (Wildman–Crippen MR) is 79.0 cm³/mol. The molecule has 1 aromatic heterocycles. The van der Waals surface area contributed by atoms with Gasteiger partial charge < -0.3 is 5.11 Å². The Balaban J connectivity index is 1.97. The maximum absolute atomic E-state index is 12.0. The van der Waals surface area contributed by atoms with Crippen molar-refractivity contribution in [3.63, 3.8) is 0 Å². The second-order valence-electron chi connectivity index (χ2n) is 5.00. The van der Waals surface area contributed by atoms with E-state index in [1.807, 2.05) is 11.4 Å². The highest BCUT2D eigenvalue weighted by atomic mass is 32.2. The Hall–Kier alpha value is -1.18. The first-order chi connectivity index (χ1) is 9.37. The van der Waals surface area contributed by atoms with E-state index in [0.717, 1.165) is 29.4 Å². The van der Waals surface area contributed by atoms with E-state index in [4.69, 9.17) is 5.11 Å². The summed E-state index contributed by atoms with van der Waals surface area (Å²) in [4.78, 5) is 11.3. The molecule has 0 saturated heterocycles. The van der Waals surface area contributed by atoms with Crippen LogP contribution in [0.2, 0.25) is 0 Å². The van der Waals surface area contributed by atoms with E-state index >= 15 is 0 Å². The second-order valence-corrected chi connectivity index (χ2v) is 8.11. The molecule has 5 nitrogen and oxygen atoms in total. The highest BCUT2D eigenvalue weighted by Gasteiger charge is 2.30. The molecular weight excluding hydrogens is 298 g/mol. The van der Waals surface area contributed by atoms with Gasteiger partial charge in [0.25, 0.3) is 0 Å². The Morgan fingerprint density at radius 1 is 1.55 bits per heavy atom. The molecule has 1 saturated carbocycles. The molecule has 2 rings (SSSR count). The van der Waals surface area contributed by atoms with Gasteiger partial charge in [-0.3, -0.25) is 0 Å². The van der Waals surface area contributed by atoms with Crippen molar-refractivity contribution in [2.45, 2.75) is 19.4 Å². The van der Waals surface area contributed by atoms with Crippen LogP contribution in [-0.4, -0.2) is 36.6 Å². The zero-order valence-electron chi connectivity index (χ0n) is 11.2. The van der Waals surface area contributed by atoms with Gasteiger partial charge in [0.2, 0.25) is 10.0 Å². The van der Waals surface area contributed by atoms with E-state index < -0.39 is 16.0 Å². The molecule has 110 valence electrons. The van der Waals surface area contributed by atoms with E-state index in [0.29, 0.717) is 12.5 Å². The quantitative estimate of drug-likeness (QED) is 0.781. The van der Waals surface area contributed by atoms with E-state index in [1.165, 1.54) is 21.7 Å². The van der Waals surface area contributed by atoms with Gasteiger partial charge in [0, 0.05) is 24.5 Å². The van der Waals surface area contributed by atoms with Crippen LogP contribution in [0.4, 0.5) is 0 Å². The number of hydrogen-bond acceptors (Lipinski definition) is 4. The standard InChI is InChI=1S/C13H17NO4S2/c1-14(20(17,18)9-10-2-3-10)7-12-6-11(8-19-12)4-5-13(15)16/h4-6,8,10H,2-3,7,9H2,1H3,(H,15,16). The van der Waals surface area contributed by atoms with Gasteiger partial charge in [-0.1, -0.05) is 0 Å². The van der Waals surface area contributed by atoms with Crippen LogP contribution in [0.1, 0.15) is 23.3 Å². The van der Waals surface area contributed by atoms with Crippen LogP contribution in [0.25, 0.3) is 6.08 Å². The van der Waals surface area contributed by atoms with Crippen LogP contribution < -0.4 is 0 Å². The van der Waals surface area contributed by atoms with E-state index in [2.05, 4.69) is 0 Å². The number of thiophene rings is 1. The SMILES string of the molecule is CN(Cc1cc(C=CC(=O)O)cs1)S(=O)(=O)CC1CC1. The van der Waals surface area contributed by atoms with E-state index in [-0.39, 0.29) is 5.75 Å². The molecule has 7 heteroatoms. The average molecular weight is 315 g/mol. The molecule has 20 heavy (non-hydrogen) atoms. The molecule has 1 heterocycles. The Morgan fingerprint density at radius 3 is 2.85 bits per heavy atom. The molecule has 0 spiro atoms. The third-order valence-electron chi connectivity index (χ3n) is 3.09. The van der Waals surface area contributed by atoms with Crippen molar-refractivity contribution < 1.29 is 18.3 Å².